The predicted molar refractivity (Wildman–Crippen MR) is 160 cm³/mol. The Morgan fingerprint density at radius 1 is 1.07 bits per heavy atom. The average Bonchev–Trinajstić information content (AvgIpc) is 3.39. The largest absolute Gasteiger partial charge is 0.497 e. The second-order valence-corrected chi connectivity index (χ2v) is 12.6. The molecule has 1 heterocycles. The van der Waals surface area contributed by atoms with Crippen molar-refractivity contribution < 1.29 is 50.5 Å². The Balaban J connectivity index is 1.83. The number of hydrogen-bond acceptors (Lipinski definition) is 8. The number of benzene rings is 3. The molecule has 1 atom stereocenters. The summed E-state index contributed by atoms with van der Waals surface area (Å²) in [5.41, 5.74) is -0.159. The van der Waals surface area contributed by atoms with Crippen LogP contribution in [0.15, 0.2) is 53.4 Å². The van der Waals surface area contributed by atoms with Gasteiger partial charge in [-0.25, -0.2) is 8.42 Å². The molecule has 2 N–H and O–H groups in total. The van der Waals surface area contributed by atoms with Crippen molar-refractivity contribution in [3.05, 3.63) is 70.2 Å². The van der Waals surface area contributed by atoms with Gasteiger partial charge in [0.15, 0.2) is 9.84 Å². The molecule has 1 unspecified atom stereocenters. The van der Waals surface area contributed by atoms with Gasteiger partial charge in [0.25, 0.3) is 5.91 Å². The number of carbonyl (C=O) groups excluding carboxylic acids is 1. The summed E-state index contributed by atoms with van der Waals surface area (Å²) in [6, 6.07) is 9.27. The quantitative estimate of drug-likeness (QED) is 0.231. The lowest BCUT2D eigenvalue weighted by Gasteiger charge is -2.28. The van der Waals surface area contributed by atoms with Crippen molar-refractivity contribution in [3.8, 4) is 17.2 Å². The number of nitrogens with zero attached hydrogens (tertiary/aromatic N) is 1. The number of carbonyl (C=O) groups is 2. The van der Waals surface area contributed by atoms with Crippen molar-refractivity contribution in [3.63, 3.8) is 0 Å². The number of carboxylic acids is 1. The van der Waals surface area contributed by atoms with E-state index in [1.165, 1.54) is 54.5 Å². The van der Waals surface area contributed by atoms with E-state index in [0.717, 1.165) is 19.4 Å². The van der Waals surface area contributed by atoms with Crippen molar-refractivity contribution in [2.45, 2.75) is 36.4 Å². The molecule has 1 amide bonds. The molecule has 4 rings (SSSR count). The van der Waals surface area contributed by atoms with E-state index in [9.17, 15) is 31.2 Å². The van der Waals surface area contributed by atoms with Gasteiger partial charge in [0.2, 0.25) is 0 Å². The highest BCUT2D eigenvalue weighted by Gasteiger charge is 2.39. The van der Waals surface area contributed by atoms with Crippen LogP contribution in [0.3, 0.4) is 0 Å². The van der Waals surface area contributed by atoms with E-state index in [2.05, 4.69) is 5.32 Å². The number of aliphatic carboxylic acids is 1. The number of carboxylic acid groups (broad SMARTS) is 1. The highest BCUT2D eigenvalue weighted by Crippen LogP contribution is 2.43. The standard InChI is InChI=1S/C30H30ClF3N2O8S/c1-42-20-13-19(14-21(15-20)45(3,40)41)35-28(22-7-6-18(31)12-25(22)44-10-4-5-27(37)38)29(39)36-9-8-17-11-26(43-2)23(16-24(17)36)30(32,33)34/h6-7,11-16,28,35H,4-5,8-10H2,1-3H3,(H,37,38). The van der Waals surface area contributed by atoms with Gasteiger partial charge in [-0.2, -0.15) is 13.2 Å². The van der Waals surface area contributed by atoms with Crippen molar-refractivity contribution in [2.24, 2.45) is 0 Å². The monoisotopic (exact) mass is 670 g/mol. The fourth-order valence-corrected chi connectivity index (χ4v) is 5.73. The van der Waals surface area contributed by atoms with Crippen molar-refractivity contribution >= 4 is 44.7 Å². The zero-order chi connectivity index (χ0) is 33.1. The van der Waals surface area contributed by atoms with Gasteiger partial charge >= 0.3 is 12.1 Å². The fraction of sp³-hybridized carbons (Fsp3) is 0.333. The van der Waals surface area contributed by atoms with Crippen LogP contribution in [0.1, 0.15) is 35.6 Å². The number of amides is 1. The molecule has 0 bridgehead atoms. The summed E-state index contributed by atoms with van der Waals surface area (Å²) in [6.45, 7) is 0.00509. The highest BCUT2D eigenvalue weighted by molar-refractivity contribution is 7.90. The Hall–Kier alpha value is -4.17. The number of anilines is 2. The van der Waals surface area contributed by atoms with Crippen LogP contribution in [0.5, 0.6) is 17.2 Å². The molecule has 0 aromatic heterocycles. The van der Waals surface area contributed by atoms with Crippen LogP contribution in [0.25, 0.3) is 0 Å². The SMILES string of the molecule is COc1cc(NC(C(=O)N2CCc3cc(OC)c(C(F)(F)F)cc32)c2ccc(Cl)cc2OCCCC(=O)O)cc(S(C)(=O)=O)c1. The minimum atomic E-state index is -4.76. The Morgan fingerprint density at radius 2 is 1.80 bits per heavy atom. The van der Waals surface area contributed by atoms with E-state index in [0.29, 0.717) is 5.56 Å². The molecule has 0 saturated carbocycles. The zero-order valence-electron chi connectivity index (χ0n) is 24.4. The number of sulfone groups is 1. The van der Waals surface area contributed by atoms with Crippen molar-refractivity contribution in [1.29, 1.82) is 0 Å². The van der Waals surface area contributed by atoms with Crippen LogP contribution in [0, 0.1) is 0 Å². The van der Waals surface area contributed by atoms with E-state index >= 15 is 0 Å². The third-order valence-corrected chi connectivity index (χ3v) is 8.38. The third-order valence-electron chi connectivity index (χ3n) is 7.05. The van der Waals surface area contributed by atoms with Gasteiger partial charge in [-0.15, -0.1) is 0 Å². The molecule has 242 valence electrons. The molecule has 15 heteroatoms. The molecular weight excluding hydrogens is 641 g/mol. The van der Waals surface area contributed by atoms with Crippen LogP contribution >= 0.6 is 11.6 Å². The Morgan fingerprint density at radius 3 is 2.42 bits per heavy atom. The first-order valence-electron chi connectivity index (χ1n) is 13.5. The van der Waals surface area contributed by atoms with E-state index in [-0.39, 0.29) is 76.5 Å². The fourth-order valence-electron chi connectivity index (χ4n) is 4.89. The summed E-state index contributed by atoms with van der Waals surface area (Å²) in [5.74, 6) is -1.78. The van der Waals surface area contributed by atoms with Gasteiger partial charge in [0.1, 0.15) is 23.3 Å². The molecular formula is C30H30ClF3N2O8S. The number of hydrogen-bond donors (Lipinski definition) is 2. The number of rotatable bonds is 12. The van der Waals surface area contributed by atoms with Crippen molar-refractivity contribution in [2.75, 3.05) is 43.8 Å². The van der Waals surface area contributed by atoms with Crippen LogP contribution < -0.4 is 24.4 Å². The summed E-state index contributed by atoms with van der Waals surface area (Å²) < 4.78 is 82.6. The van der Waals surface area contributed by atoms with Gasteiger partial charge in [-0.05, 0) is 54.8 Å². The molecule has 10 nitrogen and oxygen atoms in total. The Kier molecular flexibility index (Phi) is 10.1. The molecule has 3 aromatic carbocycles. The maximum Gasteiger partial charge on any atom is 0.420 e. The molecule has 0 spiro atoms. The van der Waals surface area contributed by atoms with Gasteiger partial charge < -0.3 is 29.5 Å². The maximum atomic E-state index is 14.4. The molecule has 0 fully saturated rings. The topological polar surface area (TPSA) is 131 Å². The van der Waals surface area contributed by atoms with E-state index in [4.69, 9.17) is 30.9 Å². The molecule has 3 aromatic rings. The summed E-state index contributed by atoms with van der Waals surface area (Å²) in [7, 11) is -1.25. The summed E-state index contributed by atoms with van der Waals surface area (Å²) >= 11 is 6.23. The van der Waals surface area contributed by atoms with Crippen LogP contribution in [0.4, 0.5) is 24.5 Å². The lowest BCUT2D eigenvalue weighted by Crippen LogP contribution is -2.37. The maximum absolute atomic E-state index is 14.4. The number of alkyl halides is 3. The molecule has 45 heavy (non-hydrogen) atoms. The van der Waals surface area contributed by atoms with Gasteiger partial charge in [-0.1, -0.05) is 17.7 Å². The van der Waals surface area contributed by atoms with E-state index in [1.54, 1.807) is 0 Å². The van der Waals surface area contributed by atoms with Crippen LogP contribution in [-0.4, -0.2) is 59.0 Å². The molecule has 0 radical (unpaired) electrons. The molecule has 1 aliphatic rings. The molecule has 0 saturated heterocycles. The first-order chi connectivity index (χ1) is 21.1. The number of fused-ring (bicyclic) bond motifs is 1. The Bertz CT molecular complexity index is 1720. The second kappa shape index (κ2) is 13.4. The number of nitrogens with one attached hydrogen (secondary N) is 1. The van der Waals surface area contributed by atoms with Crippen molar-refractivity contribution in [1.82, 2.24) is 0 Å². The highest BCUT2D eigenvalue weighted by atomic mass is 35.5. The average molecular weight is 671 g/mol. The molecule has 1 aliphatic heterocycles. The normalized spacial score (nSPS) is 13.6. The zero-order valence-corrected chi connectivity index (χ0v) is 26.0. The lowest BCUT2D eigenvalue weighted by atomic mass is 10.0. The van der Waals surface area contributed by atoms with E-state index in [1.807, 2.05) is 0 Å². The Labute approximate surface area is 262 Å². The molecule has 0 aliphatic carbocycles. The minimum absolute atomic E-state index is 0.0419. The minimum Gasteiger partial charge on any atom is -0.497 e. The smallest absolute Gasteiger partial charge is 0.420 e. The van der Waals surface area contributed by atoms with Gasteiger partial charge in [0, 0.05) is 47.2 Å². The van der Waals surface area contributed by atoms with E-state index < -0.39 is 39.5 Å². The summed E-state index contributed by atoms with van der Waals surface area (Å²) in [5, 5.41) is 12.3. The number of methoxy groups -OCH3 is 2. The summed E-state index contributed by atoms with van der Waals surface area (Å²) in [6.07, 6.45) is -3.54. The summed E-state index contributed by atoms with van der Waals surface area (Å²) in [4.78, 5) is 26.4. The second-order valence-electron chi connectivity index (χ2n) is 10.2. The van der Waals surface area contributed by atoms with Gasteiger partial charge in [-0.3, -0.25) is 9.59 Å². The first kappa shape index (κ1) is 33.7. The lowest BCUT2D eigenvalue weighted by molar-refractivity contribution is -0.139. The third kappa shape index (κ3) is 7.92. The van der Waals surface area contributed by atoms with Gasteiger partial charge in [0.05, 0.1) is 31.3 Å². The van der Waals surface area contributed by atoms with Crippen LogP contribution in [-0.2, 0) is 32.0 Å². The van der Waals surface area contributed by atoms with Crippen LogP contribution in [0.2, 0.25) is 5.02 Å². The first-order valence-corrected chi connectivity index (χ1v) is 15.8. The number of halogens is 4. The number of ether oxygens (including phenoxy) is 3. The predicted octanol–water partition coefficient (Wildman–Crippen LogP) is 5.77.